The van der Waals surface area contributed by atoms with Crippen LogP contribution in [0.4, 0.5) is 0 Å². The monoisotopic (exact) mass is 331 g/mol. The molecule has 1 atom stereocenters. The van der Waals surface area contributed by atoms with Crippen LogP contribution in [-0.4, -0.2) is 29.1 Å². The highest BCUT2D eigenvalue weighted by Crippen LogP contribution is 2.28. The van der Waals surface area contributed by atoms with Crippen molar-refractivity contribution in [2.24, 2.45) is 0 Å². The van der Waals surface area contributed by atoms with Gasteiger partial charge in [-0.2, -0.15) is 0 Å². The maximum atomic E-state index is 12.6. The number of rotatable bonds is 4. The minimum Gasteiger partial charge on any atom is -0.335 e. The lowest BCUT2D eigenvalue weighted by atomic mass is 9.94. The molecule has 0 N–H and O–H groups in total. The van der Waals surface area contributed by atoms with Crippen LogP contribution in [0.15, 0.2) is 53.4 Å². The summed E-state index contributed by atoms with van der Waals surface area (Å²) in [6, 6.07) is 16.1. The normalized spacial score (nSPS) is 17.5. The Balaban J connectivity index is 1.75. The van der Waals surface area contributed by atoms with Crippen LogP contribution in [0.3, 0.4) is 0 Å². The quantitative estimate of drug-likeness (QED) is 0.768. The molecule has 2 aromatic carbocycles. The molecule has 114 valence electrons. The molecule has 0 unspecified atom stereocenters. The topological polar surface area (TPSA) is 20.3 Å². The zero-order chi connectivity index (χ0) is 15.5. The predicted octanol–water partition coefficient (Wildman–Crippen LogP) is 4.52. The zero-order valence-corrected chi connectivity index (χ0v) is 14.0. The summed E-state index contributed by atoms with van der Waals surface area (Å²) in [5.74, 6) is 1.06. The van der Waals surface area contributed by atoms with E-state index in [0.29, 0.717) is 0 Å². The van der Waals surface area contributed by atoms with E-state index in [2.05, 4.69) is 6.07 Å². The van der Waals surface area contributed by atoms with Crippen molar-refractivity contribution in [3.05, 3.63) is 64.7 Å². The summed E-state index contributed by atoms with van der Waals surface area (Å²) in [7, 11) is 0. The molecular formula is C18H18ClNOS. The Hall–Kier alpha value is -1.45. The molecule has 1 heterocycles. The average Bonchev–Trinajstić information content (AvgIpc) is 2.54. The van der Waals surface area contributed by atoms with Crippen LogP contribution in [0.25, 0.3) is 0 Å². The number of halogens is 1. The van der Waals surface area contributed by atoms with E-state index in [1.807, 2.05) is 54.3 Å². The second kappa shape index (κ2) is 6.76. The number of hydrogen-bond donors (Lipinski definition) is 0. The molecule has 0 saturated heterocycles. The SMILES string of the molecule is CCN1C(=O)c2ccccc2C[C@H]1CSc1ccc(Cl)cc1. The number of nitrogens with zero attached hydrogens (tertiary/aromatic N) is 1. The second-order valence-electron chi connectivity index (χ2n) is 5.37. The van der Waals surface area contributed by atoms with Gasteiger partial charge in [-0.1, -0.05) is 29.8 Å². The van der Waals surface area contributed by atoms with Crippen molar-refractivity contribution in [1.29, 1.82) is 0 Å². The third kappa shape index (κ3) is 3.16. The van der Waals surface area contributed by atoms with Gasteiger partial charge in [0.1, 0.15) is 0 Å². The molecule has 0 bridgehead atoms. The van der Waals surface area contributed by atoms with Crippen molar-refractivity contribution < 1.29 is 4.79 Å². The molecule has 4 heteroatoms. The van der Waals surface area contributed by atoms with E-state index in [-0.39, 0.29) is 11.9 Å². The number of amides is 1. The van der Waals surface area contributed by atoms with Gasteiger partial charge in [-0.25, -0.2) is 0 Å². The van der Waals surface area contributed by atoms with E-state index in [1.165, 1.54) is 10.5 Å². The maximum absolute atomic E-state index is 12.6. The van der Waals surface area contributed by atoms with Crippen molar-refractivity contribution in [3.63, 3.8) is 0 Å². The lowest BCUT2D eigenvalue weighted by molar-refractivity contribution is 0.0683. The average molecular weight is 332 g/mol. The summed E-state index contributed by atoms with van der Waals surface area (Å²) in [5.41, 5.74) is 2.02. The van der Waals surface area contributed by atoms with Crippen LogP contribution in [0.2, 0.25) is 5.02 Å². The molecule has 1 aliphatic heterocycles. The molecule has 0 fully saturated rings. The Kier molecular flexibility index (Phi) is 4.74. The van der Waals surface area contributed by atoms with Crippen molar-refractivity contribution in [2.75, 3.05) is 12.3 Å². The molecule has 22 heavy (non-hydrogen) atoms. The molecule has 2 aromatic rings. The third-order valence-corrected chi connectivity index (χ3v) is 5.41. The van der Waals surface area contributed by atoms with E-state index in [9.17, 15) is 4.79 Å². The van der Waals surface area contributed by atoms with E-state index < -0.39 is 0 Å². The number of carbonyl (C=O) groups is 1. The molecule has 1 aliphatic rings. The molecule has 2 nitrogen and oxygen atoms in total. The summed E-state index contributed by atoms with van der Waals surface area (Å²) >= 11 is 7.70. The molecular weight excluding hydrogens is 314 g/mol. The molecule has 0 spiro atoms. The predicted molar refractivity (Wildman–Crippen MR) is 92.8 cm³/mol. The van der Waals surface area contributed by atoms with Gasteiger partial charge < -0.3 is 4.90 Å². The summed E-state index contributed by atoms with van der Waals surface area (Å²) in [4.78, 5) is 15.8. The van der Waals surface area contributed by atoms with Crippen LogP contribution in [0.5, 0.6) is 0 Å². The molecule has 0 saturated carbocycles. The van der Waals surface area contributed by atoms with Crippen LogP contribution in [0, 0.1) is 0 Å². The fraction of sp³-hybridized carbons (Fsp3) is 0.278. The third-order valence-electron chi connectivity index (χ3n) is 4.00. The Morgan fingerprint density at radius 2 is 1.91 bits per heavy atom. The van der Waals surface area contributed by atoms with Gasteiger partial charge in [0.25, 0.3) is 5.91 Å². The number of fused-ring (bicyclic) bond motifs is 1. The molecule has 1 amide bonds. The lowest BCUT2D eigenvalue weighted by Crippen LogP contribution is -2.46. The zero-order valence-electron chi connectivity index (χ0n) is 12.5. The second-order valence-corrected chi connectivity index (χ2v) is 6.90. The van der Waals surface area contributed by atoms with Crippen LogP contribution in [0.1, 0.15) is 22.8 Å². The van der Waals surface area contributed by atoms with Gasteiger partial charge >= 0.3 is 0 Å². The van der Waals surface area contributed by atoms with E-state index in [0.717, 1.165) is 29.3 Å². The Morgan fingerprint density at radius 3 is 2.64 bits per heavy atom. The molecule has 0 radical (unpaired) electrons. The number of carbonyl (C=O) groups excluding carboxylic acids is 1. The minimum absolute atomic E-state index is 0.158. The van der Waals surface area contributed by atoms with Crippen LogP contribution < -0.4 is 0 Å². The van der Waals surface area contributed by atoms with Crippen molar-refractivity contribution in [2.45, 2.75) is 24.3 Å². The highest BCUT2D eigenvalue weighted by Gasteiger charge is 2.30. The van der Waals surface area contributed by atoms with Crippen LogP contribution in [-0.2, 0) is 6.42 Å². The lowest BCUT2D eigenvalue weighted by Gasteiger charge is -2.36. The molecule has 0 aliphatic carbocycles. The largest absolute Gasteiger partial charge is 0.335 e. The standard InChI is InChI=1S/C18H18ClNOS/c1-2-20-15(12-22-16-9-7-14(19)8-10-16)11-13-5-3-4-6-17(13)18(20)21/h3-10,15H,2,11-12H2,1H3/t15-/m0/s1. The number of hydrogen-bond acceptors (Lipinski definition) is 2. The van der Waals surface area contributed by atoms with Crippen molar-refractivity contribution in [3.8, 4) is 0 Å². The van der Waals surface area contributed by atoms with Crippen molar-refractivity contribution >= 4 is 29.3 Å². The van der Waals surface area contributed by atoms with Gasteiger partial charge in [0.15, 0.2) is 0 Å². The highest BCUT2D eigenvalue weighted by molar-refractivity contribution is 7.99. The van der Waals surface area contributed by atoms with E-state index >= 15 is 0 Å². The first-order chi connectivity index (χ1) is 10.7. The highest BCUT2D eigenvalue weighted by atomic mass is 35.5. The summed E-state index contributed by atoms with van der Waals surface area (Å²) in [5, 5.41) is 0.751. The van der Waals surface area contributed by atoms with Crippen molar-refractivity contribution in [1.82, 2.24) is 4.90 Å². The van der Waals surface area contributed by atoms with E-state index in [4.69, 9.17) is 11.6 Å². The van der Waals surface area contributed by atoms with Gasteiger partial charge in [-0.05, 0) is 49.2 Å². The Labute approximate surface area is 140 Å². The summed E-state index contributed by atoms with van der Waals surface area (Å²) in [6.07, 6.45) is 0.927. The first-order valence-corrected chi connectivity index (χ1v) is 8.82. The Morgan fingerprint density at radius 1 is 1.18 bits per heavy atom. The summed E-state index contributed by atoms with van der Waals surface area (Å²) < 4.78 is 0. The fourth-order valence-corrected chi connectivity index (χ4v) is 4.00. The number of benzene rings is 2. The first-order valence-electron chi connectivity index (χ1n) is 7.46. The van der Waals surface area contributed by atoms with Crippen LogP contribution >= 0.6 is 23.4 Å². The molecule has 0 aromatic heterocycles. The number of likely N-dealkylation sites (N-methyl/N-ethyl adjacent to an activating group) is 1. The number of thioether (sulfide) groups is 1. The van der Waals surface area contributed by atoms with Gasteiger partial charge in [-0.3, -0.25) is 4.79 Å². The molecule has 3 rings (SSSR count). The van der Waals surface area contributed by atoms with Gasteiger partial charge in [0, 0.05) is 33.8 Å². The first kappa shape index (κ1) is 15.4. The van der Waals surface area contributed by atoms with Gasteiger partial charge in [0.2, 0.25) is 0 Å². The smallest absolute Gasteiger partial charge is 0.254 e. The van der Waals surface area contributed by atoms with Gasteiger partial charge in [-0.15, -0.1) is 11.8 Å². The minimum atomic E-state index is 0.158. The van der Waals surface area contributed by atoms with E-state index in [1.54, 1.807) is 11.8 Å². The van der Waals surface area contributed by atoms with Gasteiger partial charge in [0.05, 0.1) is 0 Å². The maximum Gasteiger partial charge on any atom is 0.254 e. The Bertz CT molecular complexity index is 671. The fourth-order valence-electron chi connectivity index (χ4n) is 2.87. The summed E-state index contributed by atoms with van der Waals surface area (Å²) in [6.45, 7) is 2.80.